The zero-order valence-corrected chi connectivity index (χ0v) is 44.9. The van der Waals surface area contributed by atoms with Crippen LogP contribution in [0.5, 0.6) is 0 Å². The highest BCUT2D eigenvalue weighted by Crippen LogP contribution is 2.67. The first-order valence-electron chi connectivity index (χ1n) is 27.9. The van der Waals surface area contributed by atoms with Gasteiger partial charge in [-0.05, 0) is 104 Å². The van der Waals surface area contributed by atoms with Crippen molar-refractivity contribution in [2.45, 2.75) is 230 Å². The first kappa shape index (κ1) is 59.4. The fraction of sp³-hybridized carbons (Fsp3) is 0.926. The molecule has 3 saturated heterocycles. The standard InChI is InChI=1S/C54H92N2O18/c1-28(2)13-12-14-29(3)34-17-18-35-33-16-15-31-25-32(19-21-53(31,5)36(33)20-22-54(34,35)6)69-52(66)56-24-11-9-8-10-23-55-51(65)68-27-38-46(72-48-42(61)39(58)30(4)37(26-57)70-48)41(60)45(64)49(71-38)74-50-44(63)40(59)43(62)47(67-7)73-50/h15,28-30,32-50,57-64H,8-14,16-27H2,1-7H3,(H,55,65)(H,56,66)/t29?,30-,32?,33?,34?,35?,36?,37?,38?,39+,40-,41-,42?,43?,44-,45?,46-,47+,48+,49+,50?,53?,54?/m0/s1. The lowest BCUT2D eigenvalue weighted by Crippen LogP contribution is -2.65. The van der Waals surface area contributed by atoms with Crippen molar-refractivity contribution in [3.8, 4) is 0 Å². The molecule has 20 nitrogen and oxygen atoms in total. The number of unbranched alkanes of at least 4 members (excludes halogenated alkanes) is 3. The summed E-state index contributed by atoms with van der Waals surface area (Å²) in [5.74, 6) is 3.98. The predicted molar refractivity (Wildman–Crippen MR) is 266 cm³/mol. The minimum absolute atomic E-state index is 0.126. The SMILES string of the molecule is CO[C@@H]1OC(O[C@H]2OC(COC(=O)NCCCCCCNC(=O)OC3CCC4(C)C(=CCC5C4CCC4(C)C(C(C)CCCC(C)C)CCC54)C3)[C@H](O[C@H]3OC(CO)[C@H](C)[C@@H](O)C3O)[C@@H](O)C2O)[C@@H](O)[C@@H](O)C1O. The third-order valence-electron chi connectivity index (χ3n) is 18.8. The number of aliphatic hydroxyl groups excluding tert-OH is 8. The van der Waals surface area contributed by atoms with Gasteiger partial charge < -0.3 is 89.4 Å². The van der Waals surface area contributed by atoms with Crippen LogP contribution in [0.25, 0.3) is 0 Å². The second-order valence-electron chi connectivity index (χ2n) is 23.8. The van der Waals surface area contributed by atoms with Crippen LogP contribution in [0, 0.1) is 52.3 Å². The molecule has 0 radical (unpaired) electrons. The van der Waals surface area contributed by atoms with Gasteiger partial charge in [-0.1, -0.05) is 85.3 Å². The van der Waals surface area contributed by atoms with Crippen LogP contribution in [-0.4, -0.2) is 179 Å². The number of hydrogen-bond acceptors (Lipinski definition) is 18. The molecule has 3 heterocycles. The van der Waals surface area contributed by atoms with E-state index in [1.807, 2.05) is 0 Å². The number of fused-ring (bicyclic) bond motifs is 5. The van der Waals surface area contributed by atoms with Crippen LogP contribution in [0.3, 0.4) is 0 Å². The Labute approximate surface area is 437 Å². The summed E-state index contributed by atoms with van der Waals surface area (Å²) in [4.78, 5) is 25.8. The highest BCUT2D eigenvalue weighted by Gasteiger charge is 2.60. The van der Waals surface area contributed by atoms with Crippen molar-refractivity contribution < 1.29 is 88.3 Å². The quantitative estimate of drug-likeness (QED) is 0.0579. The van der Waals surface area contributed by atoms with E-state index in [1.54, 1.807) is 6.92 Å². The molecule has 6 fully saturated rings. The van der Waals surface area contributed by atoms with E-state index in [2.05, 4.69) is 51.3 Å². The summed E-state index contributed by atoms with van der Waals surface area (Å²) >= 11 is 0. The molecule has 74 heavy (non-hydrogen) atoms. The van der Waals surface area contributed by atoms with Crippen molar-refractivity contribution in [3.63, 3.8) is 0 Å². The van der Waals surface area contributed by atoms with Crippen molar-refractivity contribution in [2.24, 2.45) is 52.3 Å². The van der Waals surface area contributed by atoms with Crippen molar-refractivity contribution >= 4 is 12.2 Å². The smallest absolute Gasteiger partial charge is 0.407 e. The van der Waals surface area contributed by atoms with Crippen LogP contribution in [0.15, 0.2) is 11.6 Å². The number of rotatable bonds is 21. The van der Waals surface area contributed by atoms with Crippen LogP contribution in [-0.2, 0) is 37.9 Å². The molecule has 3 aliphatic heterocycles. The second-order valence-corrected chi connectivity index (χ2v) is 23.8. The van der Waals surface area contributed by atoms with Gasteiger partial charge in [0.1, 0.15) is 61.5 Å². The van der Waals surface area contributed by atoms with Gasteiger partial charge in [0.15, 0.2) is 25.2 Å². The maximum absolute atomic E-state index is 13.0. The third-order valence-corrected chi connectivity index (χ3v) is 18.8. The Morgan fingerprint density at radius 3 is 2.03 bits per heavy atom. The summed E-state index contributed by atoms with van der Waals surface area (Å²) < 4.78 is 44.9. The minimum atomic E-state index is -1.94. The van der Waals surface area contributed by atoms with E-state index in [-0.39, 0.29) is 24.2 Å². The Kier molecular flexibility index (Phi) is 21.0. The fourth-order valence-electron chi connectivity index (χ4n) is 14.3. The molecular weight excluding hydrogens is 965 g/mol. The van der Waals surface area contributed by atoms with E-state index in [1.165, 1.54) is 57.6 Å². The molecule has 2 amide bonds. The van der Waals surface area contributed by atoms with Crippen molar-refractivity contribution in [3.05, 3.63) is 11.6 Å². The maximum atomic E-state index is 13.0. The lowest BCUT2D eigenvalue weighted by atomic mass is 9.47. The van der Waals surface area contributed by atoms with Crippen LogP contribution in [0.2, 0.25) is 0 Å². The van der Waals surface area contributed by atoms with E-state index in [9.17, 15) is 50.4 Å². The predicted octanol–water partition coefficient (Wildman–Crippen LogP) is 3.74. The first-order valence-corrected chi connectivity index (χ1v) is 27.9. The number of carbonyl (C=O) groups is 2. The first-order chi connectivity index (χ1) is 35.2. The number of hydrogen-bond donors (Lipinski definition) is 10. The van der Waals surface area contributed by atoms with Crippen LogP contribution in [0.1, 0.15) is 138 Å². The second kappa shape index (κ2) is 26.1. The molecule has 0 aromatic carbocycles. The van der Waals surface area contributed by atoms with Crippen LogP contribution >= 0.6 is 0 Å². The zero-order chi connectivity index (χ0) is 53.6. The molecule has 0 bridgehead atoms. The fourth-order valence-corrected chi connectivity index (χ4v) is 14.3. The van der Waals surface area contributed by atoms with Crippen molar-refractivity contribution in [1.29, 1.82) is 0 Å². The monoisotopic (exact) mass is 1060 g/mol. The Morgan fingerprint density at radius 2 is 1.34 bits per heavy atom. The molecule has 20 heteroatoms. The molecule has 7 aliphatic rings. The summed E-state index contributed by atoms with van der Waals surface area (Å²) in [6.07, 6.45) is -5.44. The zero-order valence-electron chi connectivity index (χ0n) is 44.9. The van der Waals surface area contributed by atoms with E-state index >= 15 is 0 Å². The lowest BCUT2D eigenvalue weighted by Gasteiger charge is -2.58. The molecule has 14 unspecified atom stereocenters. The molecule has 0 aromatic heterocycles. The van der Waals surface area contributed by atoms with E-state index in [0.29, 0.717) is 24.3 Å². The number of nitrogens with one attached hydrogen (secondary N) is 2. The molecular formula is C54H92N2O18. The number of alkyl carbamates (subject to hydrolysis) is 2. The number of amides is 2. The highest BCUT2D eigenvalue weighted by atomic mass is 16.8. The molecule has 10 N–H and O–H groups in total. The van der Waals surface area contributed by atoms with Gasteiger partial charge in [-0.25, -0.2) is 9.59 Å². The van der Waals surface area contributed by atoms with Gasteiger partial charge >= 0.3 is 12.2 Å². The average Bonchev–Trinajstić information content (AvgIpc) is 3.73. The van der Waals surface area contributed by atoms with Gasteiger partial charge in [0.05, 0.1) is 18.8 Å². The lowest BCUT2D eigenvalue weighted by molar-refractivity contribution is -0.404. The number of methoxy groups -OCH3 is 1. The van der Waals surface area contributed by atoms with Gasteiger partial charge in [0, 0.05) is 32.5 Å². The molecule has 426 valence electrons. The molecule has 4 aliphatic carbocycles. The topological polar surface area (TPSA) is 294 Å². The van der Waals surface area contributed by atoms with Gasteiger partial charge in [-0.2, -0.15) is 0 Å². The van der Waals surface area contributed by atoms with E-state index in [4.69, 9.17) is 37.9 Å². The van der Waals surface area contributed by atoms with Crippen LogP contribution < -0.4 is 10.6 Å². The Balaban J connectivity index is 0.815. The summed E-state index contributed by atoms with van der Waals surface area (Å²) in [6, 6.07) is 0. The van der Waals surface area contributed by atoms with Gasteiger partial charge in [-0.15, -0.1) is 0 Å². The largest absolute Gasteiger partial charge is 0.447 e. The molecule has 7 rings (SSSR count). The third kappa shape index (κ3) is 13.2. The van der Waals surface area contributed by atoms with E-state index in [0.717, 1.165) is 74.5 Å². The number of ether oxygens (including phenoxy) is 8. The van der Waals surface area contributed by atoms with Gasteiger partial charge in [-0.3, -0.25) is 0 Å². The molecule has 0 spiro atoms. The van der Waals surface area contributed by atoms with Crippen molar-refractivity contribution in [1.82, 2.24) is 10.6 Å². The Hall–Kier alpha value is -2.28. The summed E-state index contributed by atoms with van der Waals surface area (Å²) in [6.45, 7) is 13.5. The average molecular weight is 1060 g/mol. The Morgan fingerprint density at radius 1 is 0.703 bits per heavy atom. The molecule has 3 saturated carbocycles. The summed E-state index contributed by atoms with van der Waals surface area (Å²) in [7, 11) is 1.18. The minimum Gasteiger partial charge on any atom is -0.447 e. The maximum Gasteiger partial charge on any atom is 0.407 e. The summed E-state index contributed by atoms with van der Waals surface area (Å²) in [5.41, 5.74) is 2.13. The van der Waals surface area contributed by atoms with E-state index < -0.39 is 111 Å². The normalized spacial score (nSPS) is 43.6. The molecule has 0 aromatic rings. The van der Waals surface area contributed by atoms with Crippen molar-refractivity contribution in [2.75, 3.05) is 33.4 Å². The summed E-state index contributed by atoms with van der Waals surface area (Å²) in [5, 5.41) is 90.3. The highest BCUT2D eigenvalue weighted by molar-refractivity contribution is 5.67. The van der Waals surface area contributed by atoms with Gasteiger partial charge in [0.2, 0.25) is 0 Å². The Bertz CT molecular complexity index is 1830. The van der Waals surface area contributed by atoms with Gasteiger partial charge in [0.25, 0.3) is 0 Å². The molecule has 23 atom stereocenters. The number of aliphatic hydroxyl groups is 8. The number of allylic oxidation sites excluding steroid dienone is 1. The van der Waals surface area contributed by atoms with Crippen LogP contribution in [0.4, 0.5) is 9.59 Å². The number of carbonyl (C=O) groups excluding carboxylic acids is 2.